The molecule has 104 valence electrons. The Labute approximate surface area is 117 Å². The summed E-state index contributed by atoms with van der Waals surface area (Å²) in [6, 6.07) is 6.98. The van der Waals surface area contributed by atoms with Crippen LogP contribution >= 0.6 is 11.8 Å². The number of thioether (sulfide) groups is 1. The summed E-state index contributed by atoms with van der Waals surface area (Å²) in [6.07, 6.45) is 0. The highest BCUT2D eigenvalue weighted by Crippen LogP contribution is 2.18. The average molecular weight is 282 g/mol. The van der Waals surface area contributed by atoms with Gasteiger partial charge in [-0.2, -0.15) is 0 Å². The van der Waals surface area contributed by atoms with Gasteiger partial charge in [0.25, 0.3) is 5.91 Å². The van der Waals surface area contributed by atoms with Crippen molar-refractivity contribution in [2.75, 3.05) is 32.9 Å². The molecule has 0 fully saturated rings. The van der Waals surface area contributed by atoms with Crippen molar-refractivity contribution in [2.45, 2.75) is 4.90 Å². The molecule has 1 amide bonds. The van der Waals surface area contributed by atoms with Crippen LogP contribution in [0.4, 0.5) is 0 Å². The van der Waals surface area contributed by atoms with Gasteiger partial charge >= 0.3 is 5.97 Å². The minimum absolute atomic E-state index is 0.00823. The molecule has 0 radical (unpaired) electrons. The molecule has 1 aromatic rings. The number of hydrogen-bond acceptors (Lipinski definition) is 4. The van der Waals surface area contributed by atoms with Crippen molar-refractivity contribution >= 4 is 23.6 Å². The van der Waals surface area contributed by atoms with Crippen LogP contribution in [0.1, 0.15) is 10.4 Å². The summed E-state index contributed by atoms with van der Waals surface area (Å²) in [7, 11) is 3.88. The summed E-state index contributed by atoms with van der Waals surface area (Å²) < 4.78 is 0. The molecule has 19 heavy (non-hydrogen) atoms. The maximum atomic E-state index is 11.9. The van der Waals surface area contributed by atoms with Crippen LogP contribution in [0.15, 0.2) is 29.2 Å². The van der Waals surface area contributed by atoms with Crippen LogP contribution in [0.25, 0.3) is 0 Å². The standard InChI is InChI=1S/C13H18N2O3S/c1-15(2)7-6-14-13(18)10-4-3-5-11(8-10)19-9-12(16)17/h3-5,8H,6-7,9H2,1-2H3,(H,14,18)(H,16,17). The Kier molecular flexibility index (Phi) is 6.38. The number of carbonyl (C=O) groups is 2. The van der Waals surface area contributed by atoms with Gasteiger partial charge in [0.05, 0.1) is 5.75 Å². The summed E-state index contributed by atoms with van der Waals surface area (Å²) in [5.74, 6) is -1.02. The molecule has 5 nitrogen and oxygen atoms in total. The van der Waals surface area contributed by atoms with Gasteiger partial charge in [0.1, 0.15) is 0 Å². The molecular weight excluding hydrogens is 264 g/mol. The number of amides is 1. The molecule has 0 spiro atoms. The van der Waals surface area contributed by atoms with Crippen molar-refractivity contribution in [3.8, 4) is 0 Å². The zero-order valence-corrected chi connectivity index (χ0v) is 11.9. The first-order chi connectivity index (χ1) is 8.99. The van der Waals surface area contributed by atoms with Crippen LogP contribution < -0.4 is 5.32 Å². The van der Waals surface area contributed by atoms with E-state index in [0.717, 1.165) is 11.4 Å². The van der Waals surface area contributed by atoms with Crippen molar-refractivity contribution in [2.24, 2.45) is 0 Å². The van der Waals surface area contributed by atoms with Gasteiger partial charge in [0.15, 0.2) is 0 Å². The predicted molar refractivity (Wildman–Crippen MR) is 75.7 cm³/mol. The van der Waals surface area contributed by atoms with Crippen molar-refractivity contribution in [1.29, 1.82) is 0 Å². The summed E-state index contributed by atoms with van der Waals surface area (Å²) >= 11 is 1.20. The fraction of sp³-hybridized carbons (Fsp3) is 0.385. The van der Waals surface area contributed by atoms with Gasteiger partial charge in [-0.3, -0.25) is 9.59 Å². The molecule has 6 heteroatoms. The molecule has 0 aromatic heterocycles. The Bertz CT molecular complexity index is 449. The fourth-order valence-electron chi connectivity index (χ4n) is 1.37. The van der Waals surface area contributed by atoms with E-state index in [1.165, 1.54) is 11.8 Å². The molecule has 0 saturated heterocycles. The van der Waals surface area contributed by atoms with Crippen molar-refractivity contribution < 1.29 is 14.7 Å². The molecular formula is C13H18N2O3S. The van der Waals surface area contributed by atoms with Crippen molar-refractivity contribution in [1.82, 2.24) is 10.2 Å². The van der Waals surface area contributed by atoms with Crippen LogP contribution in [-0.2, 0) is 4.79 Å². The molecule has 0 atom stereocenters. The number of carboxylic acids is 1. The second kappa shape index (κ2) is 7.81. The number of nitrogens with one attached hydrogen (secondary N) is 1. The zero-order valence-electron chi connectivity index (χ0n) is 11.0. The minimum atomic E-state index is -0.870. The third-order valence-corrected chi connectivity index (χ3v) is 3.28. The lowest BCUT2D eigenvalue weighted by molar-refractivity contribution is -0.133. The lowest BCUT2D eigenvalue weighted by Gasteiger charge is -2.10. The molecule has 1 aromatic carbocycles. The smallest absolute Gasteiger partial charge is 0.313 e. The Balaban J connectivity index is 2.55. The number of aliphatic carboxylic acids is 1. The average Bonchev–Trinajstić information content (AvgIpc) is 2.36. The van der Waals surface area contributed by atoms with Gasteiger partial charge < -0.3 is 15.3 Å². The molecule has 0 bridgehead atoms. The third-order valence-electron chi connectivity index (χ3n) is 2.30. The van der Waals surface area contributed by atoms with Gasteiger partial charge in [-0.25, -0.2) is 0 Å². The molecule has 0 unspecified atom stereocenters. The van der Waals surface area contributed by atoms with E-state index in [1.54, 1.807) is 24.3 Å². The number of benzene rings is 1. The minimum Gasteiger partial charge on any atom is -0.481 e. The Morgan fingerprint density at radius 1 is 1.37 bits per heavy atom. The highest BCUT2D eigenvalue weighted by molar-refractivity contribution is 8.00. The van der Waals surface area contributed by atoms with E-state index in [0.29, 0.717) is 12.1 Å². The van der Waals surface area contributed by atoms with Crippen molar-refractivity contribution in [3.63, 3.8) is 0 Å². The van der Waals surface area contributed by atoms with Gasteiger partial charge in [-0.1, -0.05) is 6.07 Å². The quantitative estimate of drug-likeness (QED) is 0.734. The maximum absolute atomic E-state index is 11.9. The molecule has 0 aliphatic carbocycles. The molecule has 2 N–H and O–H groups in total. The lowest BCUT2D eigenvalue weighted by Crippen LogP contribution is -2.31. The van der Waals surface area contributed by atoms with Crippen LogP contribution in [-0.4, -0.2) is 54.8 Å². The Morgan fingerprint density at radius 3 is 2.74 bits per heavy atom. The van der Waals surface area contributed by atoms with E-state index in [2.05, 4.69) is 5.32 Å². The largest absolute Gasteiger partial charge is 0.481 e. The van der Waals surface area contributed by atoms with Gasteiger partial charge in [-0.05, 0) is 32.3 Å². The first kappa shape index (κ1) is 15.5. The Morgan fingerprint density at radius 2 is 2.11 bits per heavy atom. The summed E-state index contributed by atoms with van der Waals surface area (Å²) in [4.78, 5) is 25.1. The fourth-order valence-corrected chi connectivity index (χ4v) is 2.04. The molecule has 1 rings (SSSR count). The Hall–Kier alpha value is -1.53. The molecule has 0 heterocycles. The zero-order chi connectivity index (χ0) is 14.3. The highest BCUT2D eigenvalue weighted by Gasteiger charge is 2.07. The second-order valence-electron chi connectivity index (χ2n) is 4.27. The van der Waals surface area contributed by atoms with E-state index in [-0.39, 0.29) is 11.7 Å². The molecule has 0 aliphatic heterocycles. The summed E-state index contributed by atoms with van der Waals surface area (Å²) in [5, 5.41) is 11.4. The topological polar surface area (TPSA) is 69.6 Å². The summed E-state index contributed by atoms with van der Waals surface area (Å²) in [5.41, 5.74) is 0.550. The monoisotopic (exact) mass is 282 g/mol. The number of hydrogen-bond donors (Lipinski definition) is 2. The summed E-state index contributed by atoms with van der Waals surface area (Å²) in [6.45, 7) is 1.36. The van der Waals surface area contributed by atoms with E-state index in [9.17, 15) is 9.59 Å². The van der Waals surface area contributed by atoms with Gasteiger partial charge in [0.2, 0.25) is 0 Å². The van der Waals surface area contributed by atoms with Crippen LogP contribution in [0.5, 0.6) is 0 Å². The number of carbonyl (C=O) groups excluding carboxylic acids is 1. The second-order valence-corrected chi connectivity index (χ2v) is 5.32. The van der Waals surface area contributed by atoms with Gasteiger partial charge in [-0.15, -0.1) is 11.8 Å². The number of nitrogens with zero attached hydrogens (tertiary/aromatic N) is 1. The lowest BCUT2D eigenvalue weighted by atomic mass is 10.2. The number of rotatable bonds is 7. The first-order valence-corrected chi connectivity index (χ1v) is 6.85. The number of carboxylic acid groups (broad SMARTS) is 1. The SMILES string of the molecule is CN(C)CCNC(=O)c1cccc(SCC(=O)O)c1. The number of likely N-dealkylation sites (N-methyl/N-ethyl adjacent to an activating group) is 1. The van der Waals surface area contributed by atoms with Crippen molar-refractivity contribution in [3.05, 3.63) is 29.8 Å². The highest BCUT2D eigenvalue weighted by atomic mass is 32.2. The molecule has 0 aliphatic rings. The van der Waals surface area contributed by atoms with E-state index in [1.807, 2.05) is 19.0 Å². The van der Waals surface area contributed by atoms with E-state index in [4.69, 9.17) is 5.11 Å². The predicted octanol–water partition coefficient (Wildman–Crippen LogP) is 1.15. The maximum Gasteiger partial charge on any atom is 0.313 e. The van der Waals surface area contributed by atoms with Crippen LogP contribution in [0.3, 0.4) is 0 Å². The van der Waals surface area contributed by atoms with E-state index < -0.39 is 5.97 Å². The van der Waals surface area contributed by atoms with E-state index >= 15 is 0 Å². The first-order valence-electron chi connectivity index (χ1n) is 5.86. The normalized spacial score (nSPS) is 10.5. The van der Waals surface area contributed by atoms with Crippen LogP contribution in [0.2, 0.25) is 0 Å². The van der Waals surface area contributed by atoms with Crippen LogP contribution in [0, 0.1) is 0 Å². The van der Waals surface area contributed by atoms with Gasteiger partial charge in [0, 0.05) is 23.5 Å². The third kappa shape index (κ3) is 6.26. The molecule has 0 saturated carbocycles.